The van der Waals surface area contributed by atoms with E-state index in [1.807, 2.05) is 38.1 Å². The Morgan fingerprint density at radius 2 is 1.69 bits per heavy atom. The highest BCUT2D eigenvalue weighted by Gasteiger charge is 2.78. The summed E-state index contributed by atoms with van der Waals surface area (Å²) in [7, 11) is 0. The molecule has 0 aliphatic carbocycles. The second-order valence-electron chi connectivity index (χ2n) is 11.8. The van der Waals surface area contributed by atoms with Crippen molar-refractivity contribution in [2.75, 3.05) is 55.7 Å². The van der Waals surface area contributed by atoms with E-state index in [-0.39, 0.29) is 37.4 Å². The number of carbonyl (C=O) groups is 3. The molecule has 230 valence electrons. The van der Waals surface area contributed by atoms with E-state index in [4.69, 9.17) is 4.74 Å². The zero-order valence-electron chi connectivity index (χ0n) is 25.8. The smallest absolute Gasteiger partial charge is 0.253 e. The zero-order valence-corrected chi connectivity index (χ0v) is 25.8. The molecule has 3 aliphatic rings. The van der Waals surface area contributed by atoms with Crippen LogP contribution in [0.2, 0.25) is 0 Å². The standard InChI is InChI=1S/C33H48N4O5/c1-7-19-35(20-8-2)29(39)26-27-30(40)37(22-12-23-38)28(33(27)18-17-32(26,6)42-33)31(41)36(21-9-3)25-15-13-24(14-16-25)34(10-4)11-5/h7,9,13-16,26-28,38H,1,3,8,10-12,17-23H2,2,4-6H3/t26-,27+,28?,32+,33?/m1/s1. The number of aliphatic hydroxyl groups is 1. The lowest BCUT2D eigenvalue weighted by Crippen LogP contribution is -2.56. The van der Waals surface area contributed by atoms with Gasteiger partial charge in [0.25, 0.3) is 5.91 Å². The van der Waals surface area contributed by atoms with Gasteiger partial charge in [-0.05, 0) is 70.7 Å². The number of benzene rings is 1. The fourth-order valence-electron chi connectivity index (χ4n) is 7.51. The minimum absolute atomic E-state index is 0.115. The maximum Gasteiger partial charge on any atom is 0.253 e. The van der Waals surface area contributed by atoms with Gasteiger partial charge in [-0.15, -0.1) is 13.2 Å². The van der Waals surface area contributed by atoms with Crippen LogP contribution in [0.3, 0.4) is 0 Å². The lowest BCUT2D eigenvalue weighted by Gasteiger charge is -2.37. The number of fused-ring (bicyclic) bond motifs is 1. The lowest BCUT2D eigenvalue weighted by atomic mass is 9.66. The van der Waals surface area contributed by atoms with Crippen molar-refractivity contribution in [2.45, 2.75) is 70.6 Å². The predicted molar refractivity (Wildman–Crippen MR) is 165 cm³/mol. The van der Waals surface area contributed by atoms with Gasteiger partial charge in [0.2, 0.25) is 11.8 Å². The van der Waals surface area contributed by atoms with E-state index in [2.05, 4.69) is 31.9 Å². The third kappa shape index (κ3) is 5.26. The molecule has 0 radical (unpaired) electrons. The molecular weight excluding hydrogens is 532 g/mol. The van der Waals surface area contributed by atoms with Crippen LogP contribution in [-0.2, 0) is 19.1 Å². The van der Waals surface area contributed by atoms with Crippen LogP contribution in [0.4, 0.5) is 11.4 Å². The van der Waals surface area contributed by atoms with E-state index in [9.17, 15) is 19.5 Å². The van der Waals surface area contributed by atoms with Gasteiger partial charge < -0.3 is 29.4 Å². The Balaban J connectivity index is 1.75. The number of aliphatic hydroxyl groups excluding tert-OH is 1. The summed E-state index contributed by atoms with van der Waals surface area (Å²) in [5.41, 5.74) is -0.194. The van der Waals surface area contributed by atoms with Crippen LogP contribution in [0, 0.1) is 11.8 Å². The second-order valence-corrected chi connectivity index (χ2v) is 11.8. The van der Waals surface area contributed by atoms with Gasteiger partial charge in [-0.25, -0.2) is 0 Å². The molecule has 3 fully saturated rings. The van der Waals surface area contributed by atoms with Crippen molar-refractivity contribution in [1.29, 1.82) is 0 Å². The number of rotatable bonds is 15. The Morgan fingerprint density at radius 1 is 1.05 bits per heavy atom. The molecule has 0 aromatic heterocycles. The van der Waals surface area contributed by atoms with Crippen LogP contribution in [0.15, 0.2) is 49.6 Å². The molecule has 2 bridgehead atoms. The summed E-state index contributed by atoms with van der Waals surface area (Å²) in [6.07, 6.45) is 5.58. The van der Waals surface area contributed by atoms with E-state index in [1.165, 1.54) is 0 Å². The molecule has 1 spiro atoms. The van der Waals surface area contributed by atoms with Crippen molar-refractivity contribution in [3.63, 3.8) is 0 Å². The number of hydrogen-bond acceptors (Lipinski definition) is 6. The summed E-state index contributed by atoms with van der Waals surface area (Å²) in [5.74, 6) is -2.08. The molecule has 1 aromatic rings. The van der Waals surface area contributed by atoms with E-state index in [0.717, 1.165) is 25.2 Å². The molecule has 2 unspecified atom stereocenters. The number of amides is 3. The van der Waals surface area contributed by atoms with Crippen LogP contribution >= 0.6 is 0 Å². The Hall–Kier alpha value is -3.17. The molecule has 4 rings (SSSR count). The maximum atomic E-state index is 14.7. The van der Waals surface area contributed by atoms with Crippen molar-refractivity contribution in [1.82, 2.24) is 9.80 Å². The normalized spacial score (nSPS) is 27.6. The number of hydrogen-bond donors (Lipinski definition) is 1. The number of likely N-dealkylation sites (tertiary alicyclic amines) is 1. The Bertz CT molecular complexity index is 1170. The van der Waals surface area contributed by atoms with Gasteiger partial charge in [0.15, 0.2) is 0 Å². The summed E-state index contributed by atoms with van der Waals surface area (Å²) in [6, 6.07) is 6.95. The Kier molecular flexibility index (Phi) is 9.83. The molecule has 9 heteroatoms. The van der Waals surface area contributed by atoms with Gasteiger partial charge in [0.1, 0.15) is 11.6 Å². The third-order valence-electron chi connectivity index (χ3n) is 9.36. The molecule has 1 N–H and O–H groups in total. The summed E-state index contributed by atoms with van der Waals surface area (Å²) in [6.45, 7) is 18.9. The second kappa shape index (κ2) is 13.0. The molecule has 0 saturated carbocycles. The highest BCUT2D eigenvalue weighted by atomic mass is 16.5. The quantitative estimate of drug-likeness (QED) is 0.319. The number of carbonyl (C=O) groups excluding carboxylic acids is 3. The van der Waals surface area contributed by atoms with Crippen molar-refractivity contribution >= 4 is 29.1 Å². The molecule has 9 nitrogen and oxygen atoms in total. The average Bonchev–Trinajstić information content (AvgIpc) is 3.55. The van der Waals surface area contributed by atoms with E-state index >= 15 is 0 Å². The van der Waals surface area contributed by atoms with Crippen molar-refractivity contribution in [3.8, 4) is 0 Å². The summed E-state index contributed by atoms with van der Waals surface area (Å²) < 4.78 is 6.79. The van der Waals surface area contributed by atoms with E-state index in [1.54, 1.807) is 26.9 Å². The first kappa shape index (κ1) is 31.8. The number of anilines is 2. The molecule has 3 heterocycles. The van der Waals surface area contributed by atoms with Gasteiger partial charge in [0, 0.05) is 57.3 Å². The van der Waals surface area contributed by atoms with Gasteiger partial charge in [-0.1, -0.05) is 19.1 Å². The molecular formula is C33H48N4O5. The fraction of sp³-hybridized carbons (Fsp3) is 0.606. The average molecular weight is 581 g/mol. The fourth-order valence-corrected chi connectivity index (χ4v) is 7.51. The predicted octanol–water partition coefficient (Wildman–Crippen LogP) is 3.62. The van der Waals surface area contributed by atoms with E-state index in [0.29, 0.717) is 38.0 Å². The minimum atomic E-state index is -1.12. The van der Waals surface area contributed by atoms with E-state index < -0.39 is 29.1 Å². The molecule has 3 amide bonds. The SMILES string of the molecule is C=CCN(CCC)C(=O)[C@H]1[C@H]2C(=O)N(CCCO)C(C(=O)N(CC=C)c3ccc(N(CC)CC)cc3)C23CC[C@]1(C)O3. The minimum Gasteiger partial charge on any atom is -0.396 e. The van der Waals surface area contributed by atoms with Crippen molar-refractivity contribution < 1.29 is 24.2 Å². The topological polar surface area (TPSA) is 93.6 Å². The van der Waals surface area contributed by atoms with Crippen molar-refractivity contribution in [3.05, 3.63) is 49.6 Å². The first-order valence-electron chi connectivity index (χ1n) is 15.5. The first-order chi connectivity index (χ1) is 20.2. The number of ether oxygens (including phenoxy) is 1. The van der Waals surface area contributed by atoms with Crippen LogP contribution < -0.4 is 9.80 Å². The van der Waals surface area contributed by atoms with Crippen LogP contribution in [-0.4, -0.2) is 95.7 Å². The monoisotopic (exact) mass is 580 g/mol. The first-order valence-corrected chi connectivity index (χ1v) is 15.5. The zero-order chi connectivity index (χ0) is 30.7. The van der Waals surface area contributed by atoms with Gasteiger partial charge >= 0.3 is 0 Å². The van der Waals surface area contributed by atoms with Crippen molar-refractivity contribution in [2.24, 2.45) is 11.8 Å². The third-order valence-corrected chi connectivity index (χ3v) is 9.36. The Labute approximate surface area is 250 Å². The van der Waals surface area contributed by atoms with Crippen LogP contribution in [0.25, 0.3) is 0 Å². The summed E-state index contributed by atoms with van der Waals surface area (Å²) in [4.78, 5) is 50.2. The highest BCUT2D eigenvalue weighted by Crippen LogP contribution is 2.63. The van der Waals surface area contributed by atoms with Gasteiger partial charge in [0.05, 0.1) is 17.4 Å². The largest absolute Gasteiger partial charge is 0.396 e. The molecule has 3 aliphatic heterocycles. The molecule has 1 aromatic carbocycles. The van der Waals surface area contributed by atoms with Gasteiger partial charge in [-0.3, -0.25) is 14.4 Å². The highest BCUT2D eigenvalue weighted by molar-refractivity contribution is 6.05. The molecule has 42 heavy (non-hydrogen) atoms. The maximum absolute atomic E-state index is 14.7. The summed E-state index contributed by atoms with van der Waals surface area (Å²) in [5, 5.41) is 9.67. The van der Waals surface area contributed by atoms with Gasteiger partial charge in [-0.2, -0.15) is 0 Å². The molecule has 5 atom stereocenters. The summed E-state index contributed by atoms with van der Waals surface area (Å²) >= 11 is 0. The molecule has 3 saturated heterocycles. The Morgan fingerprint density at radius 3 is 2.26 bits per heavy atom. The number of nitrogens with zero attached hydrogens (tertiary/aromatic N) is 4. The van der Waals surface area contributed by atoms with Crippen LogP contribution in [0.1, 0.15) is 53.4 Å². The lowest BCUT2D eigenvalue weighted by molar-refractivity contribution is -0.149. The van der Waals surface area contributed by atoms with Crippen LogP contribution in [0.5, 0.6) is 0 Å².